The fourth-order valence-corrected chi connectivity index (χ4v) is 3.12. The second-order valence-corrected chi connectivity index (χ2v) is 7.05. The second-order valence-electron chi connectivity index (χ2n) is 7.05. The minimum Gasteiger partial charge on any atom is -0.503 e. The molecule has 2 heterocycles. The maximum Gasteiger partial charge on any atom is 0.274 e. The Balaban J connectivity index is 0.000000837. The number of benzene rings is 1. The molecule has 1 aromatic heterocycles. The Bertz CT molecular complexity index is 1070. The topological polar surface area (TPSA) is 101 Å². The Morgan fingerprint density at radius 1 is 1.22 bits per heavy atom. The summed E-state index contributed by atoms with van der Waals surface area (Å²) >= 11 is 0. The molecule has 0 fully saturated rings. The lowest BCUT2D eigenvalue weighted by Crippen LogP contribution is -2.42. The van der Waals surface area contributed by atoms with Crippen molar-refractivity contribution >= 4 is 11.8 Å². The molecule has 3 rings (SSSR count). The van der Waals surface area contributed by atoms with Crippen molar-refractivity contribution in [2.24, 2.45) is 0 Å². The molecular formula is C22H27F2N3O5. The Kier molecular flexibility index (Phi) is 8.48. The molecule has 0 spiro atoms. The number of likely N-dealkylation sites (N-methyl/N-ethyl adjacent to an activating group) is 1. The van der Waals surface area contributed by atoms with Gasteiger partial charge >= 0.3 is 0 Å². The van der Waals surface area contributed by atoms with Crippen molar-refractivity contribution in [3.05, 3.63) is 62.6 Å². The molecule has 2 amide bonds. The first-order valence-corrected chi connectivity index (χ1v) is 10.1. The summed E-state index contributed by atoms with van der Waals surface area (Å²) in [5, 5.41) is 12.6. The maximum atomic E-state index is 14.1. The fourth-order valence-electron chi connectivity index (χ4n) is 3.12. The van der Waals surface area contributed by atoms with E-state index in [0.29, 0.717) is 19.6 Å². The molecule has 0 radical (unpaired) electrons. The summed E-state index contributed by atoms with van der Waals surface area (Å²) in [6.07, 6.45) is 1.21. The quantitative estimate of drug-likeness (QED) is 0.726. The molecule has 8 nitrogen and oxygen atoms in total. The van der Waals surface area contributed by atoms with Crippen molar-refractivity contribution in [1.82, 2.24) is 14.8 Å². The molecule has 0 unspecified atom stereocenters. The van der Waals surface area contributed by atoms with Gasteiger partial charge in [-0.25, -0.2) is 8.78 Å². The number of hydrogen-bond donors (Lipinski definition) is 2. The molecule has 2 N–H and O–H groups in total. The fraction of sp³-hybridized carbons (Fsp3) is 0.409. The summed E-state index contributed by atoms with van der Waals surface area (Å²) in [5.74, 6) is -3.59. The third-order valence-corrected chi connectivity index (χ3v) is 5.11. The number of aromatic nitrogens is 1. The number of rotatable bonds is 5. The van der Waals surface area contributed by atoms with E-state index in [1.165, 1.54) is 28.7 Å². The van der Waals surface area contributed by atoms with Crippen LogP contribution in [0.1, 0.15) is 45.8 Å². The third-order valence-electron chi connectivity index (χ3n) is 5.11. The Morgan fingerprint density at radius 2 is 1.88 bits per heavy atom. The van der Waals surface area contributed by atoms with Crippen molar-refractivity contribution in [2.45, 2.75) is 33.9 Å². The van der Waals surface area contributed by atoms with E-state index in [1.807, 2.05) is 6.92 Å². The monoisotopic (exact) mass is 451 g/mol. The highest BCUT2D eigenvalue weighted by Crippen LogP contribution is 2.20. The number of amides is 2. The zero-order chi connectivity index (χ0) is 24.0. The molecule has 0 saturated carbocycles. The van der Waals surface area contributed by atoms with E-state index in [0.717, 1.165) is 12.7 Å². The van der Waals surface area contributed by atoms with Gasteiger partial charge in [0.2, 0.25) is 5.43 Å². The van der Waals surface area contributed by atoms with Gasteiger partial charge in [-0.1, -0.05) is 6.07 Å². The number of nitrogens with one attached hydrogen (secondary N) is 1. The molecule has 32 heavy (non-hydrogen) atoms. The van der Waals surface area contributed by atoms with Crippen LogP contribution in [0.4, 0.5) is 8.78 Å². The summed E-state index contributed by atoms with van der Waals surface area (Å²) in [7, 11) is 1.68. The van der Waals surface area contributed by atoms with Crippen LogP contribution in [0, 0.1) is 18.6 Å². The van der Waals surface area contributed by atoms with Crippen LogP contribution >= 0.6 is 0 Å². The number of nitrogens with zero attached hydrogens (tertiary/aromatic N) is 2. The first-order chi connectivity index (χ1) is 15.2. The molecule has 174 valence electrons. The second kappa shape index (κ2) is 10.9. The van der Waals surface area contributed by atoms with Crippen LogP contribution in [0.15, 0.2) is 23.1 Å². The summed E-state index contributed by atoms with van der Waals surface area (Å²) < 4.78 is 33.3. The van der Waals surface area contributed by atoms with E-state index in [1.54, 1.807) is 14.0 Å². The van der Waals surface area contributed by atoms with Gasteiger partial charge in [-0.05, 0) is 26.8 Å². The van der Waals surface area contributed by atoms with Gasteiger partial charge in [-0.15, -0.1) is 0 Å². The number of fused-ring (bicyclic) bond motifs is 1. The summed E-state index contributed by atoms with van der Waals surface area (Å²) in [6, 6.07) is 2.29. The van der Waals surface area contributed by atoms with E-state index in [4.69, 9.17) is 0 Å². The average molecular weight is 451 g/mol. The summed E-state index contributed by atoms with van der Waals surface area (Å²) in [4.78, 5) is 38.6. The predicted molar refractivity (Wildman–Crippen MR) is 114 cm³/mol. The number of ether oxygens (including phenoxy) is 1. The third kappa shape index (κ3) is 5.13. The van der Waals surface area contributed by atoms with Gasteiger partial charge in [-0.3, -0.25) is 14.4 Å². The predicted octanol–water partition coefficient (Wildman–Crippen LogP) is 2.20. The van der Waals surface area contributed by atoms with Gasteiger partial charge in [0.15, 0.2) is 11.4 Å². The molecule has 1 aromatic carbocycles. The van der Waals surface area contributed by atoms with Gasteiger partial charge in [0.25, 0.3) is 11.8 Å². The van der Waals surface area contributed by atoms with E-state index in [-0.39, 0.29) is 28.9 Å². The highest BCUT2D eigenvalue weighted by Gasteiger charge is 2.30. The number of carbonyl (C=O) groups is 2. The standard InChI is InChI=1S/C19H19F2N3O4.C3H8O/c1-3-23-6-7-24-9-12(16(25)17(26)15(24)19(23)28)18(27)22-8-11-4-5-13(20)10(2)14(11)21;1-3-4-2/h4-5,9,26H,3,6-8H2,1-2H3,(H,22,27);3H2,1-2H3. The lowest BCUT2D eigenvalue weighted by Gasteiger charge is -2.29. The highest BCUT2D eigenvalue weighted by molar-refractivity contribution is 5.99. The molecule has 0 bridgehead atoms. The normalized spacial score (nSPS) is 12.7. The van der Waals surface area contributed by atoms with E-state index in [2.05, 4.69) is 10.1 Å². The Morgan fingerprint density at radius 3 is 2.47 bits per heavy atom. The molecule has 0 aliphatic carbocycles. The molecule has 1 aliphatic heterocycles. The van der Waals surface area contributed by atoms with Crippen LogP contribution in [0.2, 0.25) is 0 Å². The van der Waals surface area contributed by atoms with Gasteiger partial charge in [0.1, 0.15) is 17.2 Å². The molecule has 2 aromatic rings. The van der Waals surface area contributed by atoms with Gasteiger partial charge in [0, 0.05) is 57.2 Å². The summed E-state index contributed by atoms with van der Waals surface area (Å²) in [6.45, 7) is 6.69. The zero-order valence-corrected chi connectivity index (χ0v) is 18.5. The van der Waals surface area contributed by atoms with Crippen LogP contribution < -0.4 is 10.7 Å². The number of halogens is 2. The van der Waals surface area contributed by atoms with Gasteiger partial charge < -0.3 is 24.6 Å². The van der Waals surface area contributed by atoms with Crippen molar-refractivity contribution in [2.75, 3.05) is 26.8 Å². The Labute approximate surface area is 184 Å². The van der Waals surface area contributed by atoms with Crippen LogP contribution in [0.5, 0.6) is 5.75 Å². The molecule has 0 atom stereocenters. The number of carbonyl (C=O) groups excluding carboxylic acids is 2. The molecular weight excluding hydrogens is 424 g/mol. The lowest BCUT2D eigenvalue weighted by molar-refractivity contribution is 0.0705. The van der Waals surface area contributed by atoms with Gasteiger partial charge in [0.05, 0.1) is 0 Å². The van der Waals surface area contributed by atoms with E-state index >= 15 is 0 Å². The number of pyridine rings is 1. The van der Waals surface area contributed by atoms with Crippen LogP contribution in [0.3, 0.4) is 0 Å². The molecule has 1 aliphatic rings. The van der Waals surface area contributed by atoms with Crippen LogP contribution in [0.25, 0.3) is 0 Å². The van der Waals surface area contributed by atoms with Crippen LogP contribution in [-0.4, -0.2) is 53.2 Å². The minimum atomic E-state index is -0.981. The first-order valence-electron chi connectivity index (χ1n) is 10.1. The van der Waals surface area contributed by atoms with Crippen molar-refractivity contribution < 1.29 is 28.2 Å². The smallest absolute Gasteiger partial charge is 0.274 e. The molecule has 0 saturated heterocycles. The largest absolute Gasteiger partial charge is 0.503 e. The van der Waals surface area contributed by atoms with Crippen molar-refractivity contribution in [1.29, 1.82) is 0 Å². The average Bonchev–Trinajstić information content (AvgIpc) is 2.79. The minimum absolute atomic E-state index is 0.0586. The first kappa shape index (κ1) is 25.0. The molecule has 10 heteroatoms. The highest BCUT2D eigenvalue weighted by atomic mass is 19.1. The van der Waals surface area contributed by atoms with Crippen molar-refractivity contribution in [3.8, 4) is 5.75 Å². The van der Waals surface area contributed by atoms with Gasteiger partial charge in [-0.2, -0.15) is 0 Å². The number of hydrogen-bond acceptors (Lipinski definition) is 5. The maximum absolute atomic E-state index is 14.1. The van der Waals surface area contributed by atoms with E-state index < -0.39 is 34.6 Å². The SMILES string of the molecule is CCN1CCn2cc(C(=O)NCc3ccc(F)c(C)c3F)c(=O)c(O)c2C1=O.CCOC. The number of methoxy groups -OCH3 is 1. The van der Waals surface area contributed by atoms with Crippen LogP contribution in [-0.2, 0) is 17.8 Å². The number of aromatic hydroxyl groups is 1. The zero-order valence-electron chi connectivity index (χ0n) is 18.5. The Hall–Kier alpha value is -3.27. The summed E-state index contributed by atoms with van der Waals surface area (Å²) in [5.41, 5.74) is -1.61. The van der Waals surface area contributed by atoms with Crippen molar-refractivity contribution in [3.63, 3.8) is 0 Å². The van der Waals surface area contributed by atoms with E-state index in [9.17, 15) is 28.3 Å². The lowest BCUT2D eigenvalue weighted by atomic mass is 10.1.